The van der Waals surface area contributed by atoms with Gasteiger partial charge in [-0.15, -0.1) is 12.4 Å². The lowest BCUT2D eigenvalue weighted by Gasteiger charge is -2.28. The van der Waals surface area contributed by atoms with Crippen molar-refractivity contribution in [3.05, 3.63) is 47.9 Å². The molecule has 4 rings (SSSR count). The van der Waals surface area contributed by atoms with Crippen molar-refractivity contribution >= 4 is 29.2 Å². The molecule has 24 heavy (non-hydrogen) atoms. The van der Waals surface area contributed by atoms with Crippen molar-refractivity contribution in [3.63, 3.8) is 0 Å². The molecule has 1 fully saturated rings. The van der Waals surface area contributed by atoms with Gasteiger partial charge >= 0.3 is 0 Å². The van der Waals surface area contributed by atoms with Gasteiger partial charge in [0.25, 0.3) is 0 Å². The lowest BCUT2D eigenvalue weighted by molar-refractivity contribution is 0.571. The van der Waals surface area contributed by atoms with Crippen LogP contribution >= 0.6 is 12.4 Å². The molecule has 3 heterocycles. The highest BCUT2D eigenvalue weighted by Gasteiger charge is 2.18. The van der Waals surface area contributed by atoms with Crippen molar-refractivity contribution < 1.29 is 8.81 Å². The van der Waals surface area contributed by atoms with Crippen molar-refractivity contribution in [2.45, 2.75) is 26.2 Å². The number of aryl methyl sites for hydroxylation is 1. The van der Waals surface area contributed by atoms with E-state index in [1.165, 1.54) is 31.4 Å². The fraction of sp³-hybridized carbons (Fsp3) is 0.316. The highest BCUT2D eigenvalue weighted by atomic mass is 35.5. The van der Waals surface area contributed by atoms with Gasteiger partial charge in [0, 0.05) is 30.4 Å². The Morgan fingerprint density at radius 2 is 1.75 bits per heavy atom. The number of furan rings is 1. The zero-order chi connectivity index (χ0) is 15.8. The molecular weight excluding hydrogens is 327 g/mol. The number of piperidine rings is 1. The van der Waals surface area contributed by atoms with Gasteiger partial charge in [-0.25, -0.2) is 9.37 Å². The second kappa shape index (κ2) is 6.81. The number of fused-ring (bicyclic) bond motifs is 1. The highest BCUT2D eigenvalue weighted by molar-refractivity contribution is 5.90. The quantitative estimate of drug-likeness (QED) is 0.626. The summed E-state index contributed by atoms with van der Waals surface area (Å²) in [7, 11) is 0. The van der Waals surface area contributed by atoms with Crippen molar-refractivity contribution in [2.24, 2.45) is 0 Å². The van der Waals surface area contributed by atoms with Crippen molar-refractivity contribution in [3.8, 4) is 11.3 Å². The Morgan fingerprint density at radius 3 is 2.46 bits per heavy atom. The zero-order valence-electron chi connectivity index (χ0n) is 13.6. The van der Waals surface area contributed by atoms with Crippen LogP contribution in [0.25, 0.3) is 22.4 Å². The molecule has 5 heteroatoms. The van der Waals surface area contributed by atoms with Crippen LogP contribution in [0.1, 0.15) is 25.0 Å². The summed E-state index contributed by atoms with van der Waals surface area (Å²) in [6.07, 6.45) is 3.73. The molecule has 1 aliphatic rings. The van der Waals surface area contributed by atoms with Crippen LogP contribution < -0.4 is 4.90 Å². The van der Waals surface area contributed by atoms with Crippen LogP contribution in [0.3, 0.4) is 0 Å². The SMILES string of the molecule is Cc1cc(N2CCCCC2)c2oc(-c3ccc(F)cc3)cc2n1.Cl. The van der Waals surface area contributed by atoms with Crippen molar-refractivity contribution in [2.75, 3.05) is 18.0 Å². The third kappa shape index (κ3) is 3.11. The van der Waals surface area contributed by atoms with E-state index < -0.39 is 0 Å². The van der Waals surface area contributed by atoms with Gasteiger partial charge in [-0.3, -0.25) is 0 Å². The van der Waals surface area contributed by atoms with Gasteiger partial charge in [-0.1, -0.05) is 0 Å². The van der Waals surface area contributed by atoms with Gasteiger partial charge in [0.15, 0.2) is 5.58 Å². The standard InChI is InChI=1S/C19H19FN2O.ClH/c1-13-11-17(22-9-3-2-4-10-22)19-16(21-13)12-18(23-19)14-5-7-15(20)8-6-14;/h5-8,11-12H,2-4,9-10H2,1H3;1H. The van der Waals surface area contributed by atoms with Crippen LogP contribution in [0.5, 0.6) is 0 Å². The van der Waals surface area contributed by atoms with E-state index in [-0.39, 0.29) is 18.2 Å². The smallest absolute Gasteiger partial charge is 0.176 e. The van der Waals surface area contributed by atoms with E-state index in [4.69, 9.17) is 4.42 Å². The minimum Gasteiger partial charge on any atom is -0.452 e. The van der Waals surface area contributed by atoms with Crippen LogP contribution in [0.15, 0.2) is 40.8 Å². The van der Waals surface area contributed by atoms with E-state index in [0.717, 1.165) is 46.9 Å². The van der Waals surface area contributed by atoms with Gasteiger partial charge in [-0.05, 0) is 56.5 Å². The second-order valence-corrected chi connectivity index (χ2v) is 6.16. The molecule has 0 saturated carbocycles. The molecule has 3 aromatic rings. The normalized spacial score (nSPS) is 14.7. The molecule has 2 aromatic heterocycles. The summed E-state index contributed by atoms with van der Waals surface area (Å²) in [6, 6.07) is 10.4. The summed E-state index contributed by atoms with van der Waals surface area (Å²) in [5, 5.41) is 0. The number of halogens is 2. The number of benzene rings is 1. The third-order valence-corrected chi connectivity index (χ3v) is 4.41. The summed E-state index contributed by atoms with van der Waals surface area (Å²) in [5.41, 5.74) is 4.68. The molecule has 3 nitrogen and oxygen atoms in total. The largest absolute Gasteiger partial charge is 0.452 e. The summed E-state index contributed by atoms with van der Waals surface area (Å²) in [4.78, 5) is 6.99. The fourth-order valence-corrected chi connectivity index (χ4v) is 3.26. The molecule has 0 amide bonds. The average molecular weight is 347 g/mol. The second-order valence-electron chi connectivity index (χ2n) is 6.16. The van der Waals surface area contributed by atoms with E-state index in [9.17, 15) is 4.39 Å². The number of hydrogen-bond acceptors (Lipinski definition) is 3. The Labute approximate surface area is 146 Å². The topological polar surface area (TPSA) is 29.3 Å². The zero-order valence-corrected chi connectivity index (χ0v) is 14.4. The molecule has 0 atom stereocenters. The minimum absolute atomic E-state index is 0. The van der Waals surface area contributed by atoms with Crippen LogP contribution in [0, 0.1) is 12.7 Å². The van der Waals surface area contributed by atoms with Gasteiger partial charge in [0.2, 0.25) is 0 Å². The lowest BCUT2D eigenvalue weighted by atomic mass is 10.1. The summed E-state index contributed by atoms with van der Waals surface area (Å²) < 4.78 is 19.2. The fourth-order valence-electron chi connectivity index (χ4n) is 3.26. The van der Waals surface area contributed by atoms with Gasteiger partial charge in [-0.2, -0.15) is 0 Å². The predicted molar refractivity (Wildman–Crippen MR) is 97.5 cm³/mol. The van der Waals surface area contributed by atoms with E-state index in [1.54, 1.807) is 12.1 Å². The Kier molecular flexibility index (Phi) is 4.76. The Hall–Kier alpha value is -2.07. The molecule has 126 valence electrons. The first-order valence-electron chi connectivity index (χ1n) is 8.13. The Morgan fingerprint density at radius 1 is 1.04 bits per heavy atom. The van der Waals surface area contributed by atoms with E-state index >= 15 is 0 Å². The summed E-state index contributed by atoms with van der Waals surface area (Å²) in [5.74, 6) is 0.490. The molecule has 0 unspecified atom stereocenters. The molecule has 0 bridgehead atoms. The van der Waals surface area contributed by atoms with E-state index in [0.29, 0.717) is 0 Å². The highest BCUT2D eigenvalue weighted by Crippen LogP contribution is 2.34. The molecule has 1 aromatic carbocycles. The van der Waals surface area contributed by atoms with Gasteiger partial charge < -0.3 is 9.32 Å². The number of anilines is 1. The summed E-state index contributed by atoms with van der Waals surface area (Å²) in [6.45, 7) is 4.13. The van der Waals surface area contributed by atoms with Crippen molar-refractivity contribution in [1.29, 1.82) is 0 Å². The minimum atomic E-state index is -0.243. The predicted octanol–water partition coefficient (Wildman–Crippen LogP) is 5.35. The van der Waals surface area contributed by atoms with E-state index in [1.807, 2.05) is 13.0 Å². The number of aromatic nitrogens is 1. The molecular formula is C19H20ClFN2O. The Balaban J connectivity index is 0.00000169. The molecule has 0 N–H and O–H groups in total. The van der Waals surface area contributed by atoms with Gasteiger partial charge in [0.05, 0.1) is 5.69 Å². The lowest BCUT2D eigenvalue weighted by Crippen LogP contribution is -2.29. The molecule has 1 saturated heterocycles. The molecule has 1 aliphatic heterocycles. The first-order valence-corrected chi connectivity index (χ1v) is 8.13. The van der Waals surface area contributed by atoms with Crippen LogP contribution in [-0.4, -0.2) is 18.1 Å². The maximum atomic E-state index is 13.1. The number of rotatable bonds is 2. The molecule has 0 aliphatic carbocycles. The van der Waals surface area contributed by atoms with Crippen molar-refractivity contribution in [1.82, 2.24) is 4.98 Å². The average Bonchev–Trinajstić information content (AvgIpc) is 2.99. The molecule has 0 radical (unpaired) electrons. The monoisotopic (exact) mass is 346 g/mol. The van der Waals surface area contributed by atoms with Crippen LogP contribution in [-0.2, 0) is 0 Å². The summed E-state index contributed by atoms with van der Waals surface area (Å²) >= 11 is 0. The number of pyridine rings is 1. The van der Waals surface area contributed by atoms with E-state index in [2.05, 4.69) is 16.0 Å². The third-order valence-electron chi connectivity index (χ3n) is 4.41. The van der Waals surface area contributed by atoms with Crippen LogP contribution in [0.2, 0.25) is 0 Å². The maximum Gasteiger partial charge on any atom is 0.176 e. The number of hydrogen-bond donors (Lipinski definition) is 0. The Bertz CT molecular complexity index is 838. The van der Waals surface area contributed by atoms with Gasteiger partial charge in [0.1, 0.15) is 17.1 Å². The maximum absolute atomic E-state index is 13.1. The first kappa shape index (κ1) is 16.8. The van der Waals surface area contributed by atoms with Crippen LogP contribution in [0.4, 0.5) is 10.1 Å². The molecule has 0 spiro atoms. The first-order chi connectivity index (χ1) is 11.2. The number of nitrogens with zero attached hydrogens (tertiary/aromatic N) is 2.